The van der Waals surface area contributed by atoms with Crippen LogP contribution in [0.5, 0.6) is 0 Å². The minimum absolute atomic E-state index is 0. The average molecular weight is 276 g/mol. The van der Waals surface area contributed by atoms with E-state index in [1.165, 1.54) is 0 Å². The van der Waals surface area contributed by atoms with Crippen molar-refractivity contribution < 1.29 is 0 Å². The molecule has 2 nitrogen and oxygen atoms in total. The largest absolute Gasteiger partial charge is 0.412 e. The van der Waals surface area contributed by atoms with Gasteiger partial charge in [-0.25, -0.2) is 0 Å². The topological polar surface area (TPSA) is 48.5 Å². The van der Waals surface area contributed by atoms with E-state index in [-0.39, 0.29) is 12.2 Å². The Morgan fingerprint density at radius 2 is 1.28 bits per heavy atom. The number of hydrogen-bond donors (Lipinski definition) is 2. The molecular weight excluding hydrogens is 260 g/mol. The van der Waals surface area contributed by atoms with Gasteiger partial charge in [-0.2, -0.15) is 0 Å². The molecule has 94 valence electrons. The first-order valence-corrected chi connectivity index (χ1v) is 6.16. The monoisotopic (exact) mass is 276 g/mol. The quantitative estimate of drug-likeness (QED) is 0.665. The Labute approximate surface area is 118 Å². The van der Waals surface area contributed by atoms with Gasteiger partial charge in [0.15, 0.2) is 0 Å². The lowest BCUT2D eigenvalue weighted by atomic mass is 9.99. The molecule has 2 aromatic rings. The maximum atomic E-state index is 4.98. The molecule has 0 aliphatic carbocycles. The summed E-state index contributed by atoms with van der Waals surface area (Å²) in [6.07, 6.45) is 0. The van der Waals surface area contributed by atoms with Crippen molar-refractivity contribution in [3.05, 3.63) is 71.8 Å². The van der Waals surface area contributed by atoms with Gasteiger partial charge >= 0.3 is 0 Å². The molecule has 0 unspecified atom stereocenters. The number of thiocarbonyl (C=S) groups is 1. The van der Waals surface area contributed by atoms with Crippen LogP contribution in [0.2, 0.25) is 0 Å². The van der Waals surface area contributed by atoms with Crippen LogP contribution >= 0.6 is 12.2 Å². The van der Waals surface area contributed by atoms with Gasteiger partial charge in [0.2, 0.25) is 0 Å². The fourth-order valence-electron chi connectivity index (χ4n) is 1.77. The van der Waals surface area contributed by atoms with Crippen molar-refractivity contribution in [2.75, 3.05) is 0 Å². The molecule has 0 saturated heterocycles. The van der Waals surface area contributed by atoms with E-state index < -0.39 is 0 Å². The summed E-state index contributed by atoms with van der Waals surface area (Å²) in [5, 5.41) is 3.16. The Kier molecular flexibility index (Phi) is 5.71. The summed E-state index contributed by atoms with van der Waals surface area (Å²) in [5.74, 6) is 0. The standard InChI is InChI=1S/C14H13NS2.H3N/c16-14(17)15-13(11-7-3-1-4-8-11)12-9-5-2-6-10-12;/h1-10,13H,(H2,15,16,17);1H3. The van der Waals surface area contributed by atoms with Crippen LogP contribution in [0.25, 0.3) is 0 Å². The summed E-state index contributed by atoms with van der Waals surface area (Å²) in [5.41, 5.74) is 2.32. The Morgan fingerprint density at radius 1 is 0.889 bits per heavy atom. The highest BCUT2D eigenvalue weighted by Crippen LogP contribution is 2.21. The second-order valence-electron chi connectivity index (χ2n) is 3.69. The summed E-state index contributed by atoms with van der Waals surface area (Å²) in [6, 6.07) is 20.3. The number of quaternary nitrogens is 1. The van der Waals surface area contributed by atoms with E-state index in [0.29, 0.717) is 4.32 Å². The molecule has 0 aliphatic heterocycles. The third-order valence-electron chi connectivity index (χ3n) is 2.53. The normalized spacial score (nSPS) is 9.61. The van der Waals surface area contributed by atoms with Crippen LogP contribution in [-0.2, 0) is 12.6 Å². The first-order valence-electron chi connectivity index (χ1n) is 5.35. The van der Waals surface area contributed by atoms with E-state index in [4.69, 9.17) is 24.8 Å². The summed E-state index contributed by atoms with van der Waals surface area (Å²) >= 11 is 9.95. The van der Waals surface area contributed by atoms with Gasteiger partial charge < -0.3 is 36.3 Å². The van der Waals surface area contributed by atoms with Crippen molar-refractivity contribution in [2.24, 2.45) is 0 Å². The van der Waals surface area contributed by atoms with Gasteiger partial charge in [0, 0.05) is 0 Å². The molecule has 0 bridgehead atoms. The minimum Gasteiger partial charge on any atom is -0.412 e. The van der Waals surface area contributed by atoms with Crippen molar-refractivity contribution >= 4 is 29.2 Å². The number of rotatable bonds is 3. The van der Waals surface area contributed by atoms with Crippen LogP contribution in [-0.4, -0.2) is 4.32 Å². The van der Waals surface area contributed by atoms with Crippen molar-refractivity contribution in [1.29, 1.82) is 0 Å². The van der Waals surface area contributed by atoms with Gasteiger partial charge in [-0.15, -0.1) is 0 Å². The fraction of sp³-hybridized carbons (Fsp3) is 0.0714. The maximum Gasteiger partial charge on any atom is 0.0754 e. The predicted molar refractivity (Wildman–Crippen MR) is 83.8 cm³/mol. The van der Waals surface area contributed by atoms with Crippen LogP contribution in [0, 0.1) is 0 Å². The molecule has 0 saturated carbocycles. The molecule has 0 aliphatic rings. The highest BCUT2D eigenvalue weighted by atomic mass is 32.1. The summed E-state index contributed by atoms with van der Waals surface area (Å²) in [7, 11) is 0. The Hall–Kier alpha value is -1.49. The van der Waals surface area contributed by atoms with Crippen LogP contribution in [0.3, 0.4) is 0 Å². The van der Waals surface area contributed by atoms with Gasteiger partial charge in [-0.05, 0) is 11.1 Å². The van der Waals surface area contributed by atoms with Crippen molar-refractivity contribution in [2.45, 2.75) is 6.04 Å². The SMILES string of the molecule is S=C([S-])NC(c1ccccc1)c1ccccc1.[NH4+]. The number of hydrogen-bond acceptors (Lipinski definition) is 2. The zero-order chi connectivity index (χ0) is 12.1. The summed E-state index contributed by atoms with van der Waals surface area (Å²) in [6.45, 7) is 0. The van der Waals surface area contributed by atoms with Gasteiger partial charge in [0.25, 0.3) is 0 Å². The molecule has 4 heteroatoms. The Morgan fingerprint density at radius 3 is 1.61 bits per heavy atom. The van der Waals surface area contributed by atoms with E-state index >= 15 is 0 Å². The maximum absolute atomic E-state index is 4.98. The van der Waals surface area contributed by atoms with E-state index in [0.717, 1.165) is 11.1 Å². The first-order chi connectivity index (χ1) is 8.27. The molecule has 0 radical (unpaired) electrons. The zero-order valence-electron chi connectivity index (χ0n) is 10.2. The number of benzene rings is 2. The molecule has 0 aromatic heterocycles. The molecule has 2 rings (SSSR count). The minimum atomic E-state index is 0. The van der Waals surface area contributed by atoms with Crippen molar-refractivity contribution in [3.63, 3.8) is 0 Å². The van der Waals surface area contributed by atoms with Crippen LogP contribution in [0.4, 0.5) is 0 Å². The van der Waals surface area contributed by atoms with Crippen LogP contribution in [0.15, 0.2) is 60.7 Å². The average Bonchev–Trinajstić information content (AvgIpc) is 2.38. The highest BCUT2D eigenvalue weighted by Gasteiger charge is 2.11. The van der Waals surface area contributed by atoms with E-state index in [1.807, 2.05) is 36.4 Å². The molecule has 2 aromatic carbocycles. The van der Waals surface area contributed by atoms with E-state index in [2.05, 4.69) is 29.6 Å². The molecular formula is C14H16N2S2. The third kappa shape index (κ3) is 3.77. The van der Waals surface area contributed by atoms with E-state index in [9.17, 15) is 0 Å². The van der Waals surface area contributed by atoms with Crippen molar-refractivity contribution in [1.82, 2.24) is 11.5 Å². The molecule has 0 spiro atoms. The molecule has 0 atom stereocenters. The van der Waals surface area contributed by atoms with Crippen molar-refractivity contribution in [3.8, 4) is 0 Å². The number of nitrogens with one attached hydrogen (secondary N) is 1. The summed E-state index contributed by atoms with van der Waals surface area (Å²) < 4.78 is 0.391. The lowest BCUT2D eigenvalue weighted by molar-refractivity contribution is 0.777. The molecule has 0 fully saturated rings. The van der Waals surface area contributed by atoms with E-state index in [1.54, 1.807) is 0 Å². The predicted octanol–water partition coefficient (Wildman–Crippen LogP) is 3.57. The second kappa shape index (κ2) is 7.06. The molecule has 18 heavy (non-hydrogen) atoms. The first kappa shape index (κ1) is 14.6. The van der Waals surface area contributed by atoms with Crippen LogP contribution < -0.4 is 11.5 Å². The lowest BCUT2D eigenvalue weighted by Crippen LogP contribution is -2.26. The van der Waals surface area contributed by atoms with Gasteiger partial charge in [-0.3, -0.25) is 0 Å². The second-order valence-corrected chi connectivity index (χ2v) is 4.76. The molecule has 0 heterocycles. The smallest absolute Gasteiger partial charge is 0.0754 e. The summed E-state index contributed by atoms with van der Waals surface area (Å²) in [4.78, 5) is 0. The fourth-order valence-corrected chi connectivity index (χ4v) is 2.00. The van der Waals surface area contributed by atoms with Gasteiger partial charge in [-0.1, -0.05) is 65.0 Å². The Bertz CT molecular complexity index is 446. The lowest BCUT2D eigenvalue weighted by Gasteiger charge is -2.23. The van der Waals surface area contributed by atoms with Gasteiger partial charge in [0.1, 0.15) is 0 Å². The zero-order valence-corrected chi connectivity index (χ0v) is 11.8. The third-order valence-corrected chi connectivity index (χ3v) is 2.76. The molecule has 0 amide bonds. The van der Waals surface area contributed by atoms with Crippen LogP contribution in [0.1, 0.15) is 17.2 Å². The van der Waals surface area contributed by atoms with Gasteiger partial charge in [0.05, 0.1) is 6.04 Å². The Balaban J connectivity index is 0.00000162. The highest BCUT2D eigenvalue weighted by molar-refractivity contribution is 8.00. The molecule has 5 N–H and O–H groups in total.